The molecule has 0 aliphatic carbocycles. The van der Waals surface area contributed by atoms with Gasteiger partial charge in [0, 0.05) is 0 Å². The number of ether oxygens (including phenoxy) is 1. The average Bonchev–Trinajstić information content (AvgIpc) is 2.77. The molecule has 0 fully saturated rings. The Bertz CT molecular complexity index is 998. The van der Waals surface area contributed by atoms with Crippen LogP contribution in [-0.4, -0.2) is 15.5 Å². The molecular formula is C24H27NO3S. The molecule has 3 aromatic carbocycles. The van der Waals surface area contributed by atoms with Gasteiger partial charge in [0.05, 0.1) is 24.2 Å². The normalized spacial score (nSPS) is 11.2. The number of unbranched alkanes of at least 4 members (excludes halogenated alkanes) is 1. The van der Waals surface area contributed by atoms with Gasteiger partial charge >= 0.3 is 0 Å². The summed E-state index contributed by atoms with van der Waals surface area (Å²) in [4.78, 5) is 0.296. The molecule has 0 N–H and O–H groups in total. The quantitative estimate of drug-likeness (QED) is 0.473. The van der Waals surface area contributed by atoms with Crippen LogP contribution < -0.4 is 9.04 Å². The van der Waals surface area contributed by atoms with Gasteiger partial charge in [0.1, 0.15) is 5.75 Å². The van der Waals surface area contributed by atoms with Crippen LogP contribution in [0.3, 0.4) is 0 Å². The number of hydrogen-bond donors (Lipinski definition) is 0. The molecule has 0 unspecified atom stereocenters. The second-order valence-corrected chi connectivity index (χ2v) is 8.81. The molecule has 4 nitrogen and oxygen atoms in total. The zero-order chi connectivity index (χ0) is 20.7. The van der Waals surface area contributed by atoms with Crippen molar-refractivity contribution in [3.63, 3.8) is 0 Å². The first-order valence-corrected chi connectivity index (χ1v) is 11.3. The lowest BCUT2D eigenvalue weighted by molar-refractivity contribution is 0.415. The van der Waals surface area contributed by atoms with Crippen molar-refractivity contribution < 1.29 is 13.2 Å². The smallest absolute Gasteiger partial charge is 0.264 e. The van der Waals surface area contributed by atoms with Crippen LogP contribution in [-0.2, 0) is 23.0 Å². The highest BCUT2D eigenvalue weighted by Crippen LogP contribution is 2.28. The summed E-state index contributed by atoms with van der Waals surface area (Å²) < 4.78 is 33.7. The lowest BCUT2D eigenvalue weighted by Crippen LogP contribution is -2.30. The van der Waals surface area contributed by atoms with E-state index in [9.17, 15) is 8.42 Å². The maximum absolute atomic E-state index is 13.5. The van der Waals surface area contributed by atoms with Crippen LogP contribution in [0.25, 0.3) is 0 Å². The molecule has 0 aromatic heterocycles. The second kappa shape index (κ2) is 9.61. The van der Waals surface area contributed by atoms with Gasteiger partial charge in [0.2, 0.25) is 0 Å². The molecule has 0 bridgehead atoms. The van der Waals surface area contributed by atoms with Crippen molar-refractivity contribution in [1.29, 1.82) is 0 Å². The summed E-state index contributed by atoms with van der Waals surface area (Å²) in [6.07, 6.45) is 3.17. The molecule has 0 amide bonds. The highest BCUT2D eigenvalue weighted by molar-refractivity contribution is 7.92. The van der Waals surface area contributed by atoms with Crippen LogP contribution in [0.5, 0.6) is 5.75 Å². The number of sulfonamides is 1. The molecule has 0 heterocycles. The van der Waals surface area contributed by atoms with Crippen LogP contribution in [0, 0.1) is 0 Å². The van der Waals surface area contributed by atoms with Gasteiger partial charge in [-0.25, -0.2) is 8.42 Å². The van der Waals surface area contributed by atoms with Crippen molar-refractivity contribution in [3.8, 4) is 5.75 Å². The summed E-state index contributed by atoms with van der Waals surface area (Å²) in [5, 5.41) is 0. The van der Waals surface area contributed by atoms with Crippen molar-refractivity contribution in [1.82, 2.24) is 0 Å². The maximum Gasteiger partial charge on any atom is 0.264 e. The average molecular weight is 410 g/mol. The molecule has 0 radical (unpaired) electrons. The summed E-state index contributed by atoms with van der Waals surface area (Å²) in [5.74, 6) is 0.686. The number of rotatable bonds is 9. The van der Waals surface area contributed by atoms with E-state index >= 15 is 0 Å². The predicted molar refractivity (Wildman–Crippen MR) is 118 cm³/mol. The van der Waals surface area contributed by atoms with E-state index in [0.717, 1.165) is 30.4 Å². The minimum atomic E-state index is -3.72. The Labute approximate surface area is 173 Å². The molecule has 152 valence electrons. The zero-order valence-electron chi connectivity index (χ0n) is 16.9. The van der Waals surface area contributed by atoms with E-state index in [-0.39, 0.29) is 6.54 Å². The number of nitrogens with zero attached hydrogens (tertiary/aromatic N) is 1. The third-order valence-electron chi connectivity index (χ3n) is 4.86. The van der Waals surface area contributed by atoms with Crippen molar-refractivity contribution in [2.75, 3.05) is 11.4 Å². The summed E-state index contributed by atoms with van der Waals surface area (Å²) in [7, 11) is -2.13. The maximum atomic E-state index is 13.5. The van der Waals surface area contributed by atoms with Crippen LogP contribution >= 0.6 is 0 Å². The standard InChI is InChI=1S/C24H27NO3S/c1-3-4-8-20-11-17-24(18-12-20)29(26,27)25(19-21-9-6-5-7-10-21)22-13-15-23(28-2)16-14-22/h5-7,9-18H,3-4,8,19H2,1-2H3. The summed E-state index contributed by atoms with van der Waals surface area (Å²) >= 11 is 0. The van der Waals surface area contributed by atoms with Crippen LogP contribution in [0.1, 0.15) is 30.9 Å². The van der Waals surface area contributed by atoms with Gasteiger partial charge in [-0.3, -0.25) is 4.31 Å². The first-order valence-electron chi connectivity index (χ1n) is 9.84. The Kier molecular flexibility index (Phi) is 6.94. The largest absolute Gasteiger partial charge is 0.497 e. The minimum Gasteiger partial charge on any atom is -0.497 e. The highest BCUT2D eigenvalue weighted by Gasteiger charge is 2.25. The fraction of sp³-hybridized carbons (Fsp3) is 0.250. The number of aryl methyl sites for hydroxylation is 1. The van der Waals surface area contributed by atoms with E-state index in [1.54, 1.807) is 43.5 Å². The SMILES string of the molecule is CCCCc1ccc(S(=O)(=O)N(Cc2ccccc2)c2ccc(OC)cc2)cc1. The minimum absolute atomic E-state index is 0.257. The molecule has 3 rings (SSSR count). The van der Waals surface area contributed by atoms with E-state index in [2.05, 4.69) is 6.92 Å². The number of methoxy groups -OCH3 is 1. The number of hydrogen-bond acceptors (Lipinski definition) is 3. The van der Waals surface area contributed by atoms with Crippen LogP contribution in [0.15, 0.2) is 83.8 Å². The first-order chi connectivity index (χ1) is 14.0. The van der Waals surface area contributed by atoms with E-state index in [1.807, 2.05) is 42.5 Å². The van der Waals surface area contributed by atoms with Gasteiger partial charge in [-0.05, 0) is 60.4 Å². The Morgan fingerprint density at radius 3 is 2.07 bits per heavy atom. The summed E-state index contributed by atoms with van der Waals surface area (Å²) in [6, 6.07) is 24.0. The Morgan fingerprint density at radius 2 is 1.48 bits per heavy atom. The van der Waals surface area contributed by atoms with Crippen molar-refractivity contribution in [2.24, 2.45) is 0 Å². The van der Waals surface area contributed by atoms with Crippen molar-refractivity contribution in [3.05, 3.63) is 90.0 Å². The second-order valence-electron chi connectivity index (χ2n) is 6.94. The molecule has 0 saturated heterocycles. The Hall–Kier alpha value is -2.79. The van der Waals surface area contributed by atoms with Gasteiger partial charge in [-0.2, -0.15) is 0 Å². The molecule has 0 saturated carbocycles. The van der Waals surface area contributed by atoms with E-state index in [0.29, 0.717) is 16.3 Å². The highest BCUT2D eigenvalue weighted by atomic mass is 32.2. The van der Waals surface area contributed by atoms with Gasteiger partial charge in [-0.15, -0.1) is 0 Å². The van der Waals surface area contributed by atoms with Crippen LogP contribution in [0.2, 0.25) is 0 Å². The third kappa shape index (κ3) is 5.18. The number of anilines is 1. The molecule has 3 aromatic rings. The van der Waals surface area contributed by atoms with Crippen molar-refractivity contribution >= 4 is 15.7 Å². The van der Waals surface area contributed by atoms with E-state index < -0.39 is 10.0 Å². The Balaban J connectivity index is 1.96. The number of benzene rings is 3. The first kappa shape index (κ1) is 20.9. The van der Waals surface area contributed by atoms with Gasteiger partial charge in [0.25, 0.3) is 10.0 Å². The topological polar surface area (TPSA) is 46.6 Å². The fourth-order valence-electron chi connectivity index (χ4n) is 3.15. The third-order valence-corrected chi connectivity index (χ3v) is 6.65. The van der Waals surface area contributed by atoms with Gasteiger partial charge in [0.15, 0.2) is 0 Å². The van der Waals surface area contributed by atoms with Crippen LogP contribution in [0.4, 0.5) is 5.69 Å². The summed E-state index contributed by atoms with van der Waals surface area (Å²) in [5.41, 5.74) is 2.68. The summed E-state index contributed by atoms with van der Waals surface area (Å²) in [6.45, 7) is 2.40. The zero-order valence-corrected chi connectivity index (χ0v) is 17.7. The van der Waals surface area contributed by atoms with Gasteiger partial charge in [-0.1, -0.05) is 55.8 Å². The Morgan fingerprint density at radius 1 is 0.828 bits per heavy atom. The van der Waals surface area contributed by atoms with Gasteiger partial charge < -0.3 is 4.74 Å². The predicted octanol–water partition coefficient (Wildman–Crippen LogP) is 5.43. The molecule has 0 atom stereocenters. The molecule has 0 aliphatic heterocycles. The lowest BCUT2D eigenvalue weighted by Gasteiger charge is -2.25. The lowest BCUT2D eigenvalue weighted by atomic mass is 10.1. The molecule has 29 heavy (non-hydrogen) atoms. The molecule has 5 heteroatoms. The molecular weight excluding hydrogens is 382 g/mol. The van der Waals surface area contributed by atoms with E-state index in [1.165, 1.54) is 4.31 Å². The molecule has 0 spiro atoms. The molecule has 0 aliphatic rings. The monoisotopic (exact) mass is 409 g/mol. The van der Waals surface area contributed by atoms with E-state index in [4.69, 9.17) is 4.74 Å². The van der Waals surface area contributed by atoms with Crippen molar-refractivity contribution in [2.45, 2.75) is 37.6 Å². The fourth-order valence-corrected chi connectivity index (χ4v) is 4.60.